The number of ether oxygens (including phenoxy) is 2. The van der Waals surface area contributed by atoms with E-state index in [1.54, 1.807) is 39.2 Å². The number of carbonyl (C=O) groups is 2. The predicted octanol–water partition coefficient (Wildman–Crippen LogP) is 1.86. The number of methoxy groups -OCH3 is 1. The molecule has 23 heavy (non-hydrogen) atoms. The highest BCUT2D eigenvalue weighted by atomic mass is 16.6. The molecule has 7 nitrogen and oxygen atoms in total. The van der Waals surface area contributed by atoms with Crippen LogP contribution >= 0.6 is 0 Å². The smallest absolute Gasteiger partial charge is 0.420 e. The number of hydrogen-bond donors (Lipinski definition) is 1. The van der Waals surface area contributed by atoms with E-state index in [1.165, 1.54) is 11.7 Å². The highest BCUT2D eigenvalue weighted by molar-refractivity contribution is 5.87. The highest BCUT2D eigenvalue weighted by Gasteiger charge is 2.20. The molecule has 7 heteroatoms. The van der Waals surface area contributed by atoms with Crippen LogP contribution in [0.5, 0.6) is 0 Å². The van der Waals surface area contributed by atoms with E-state index in [0.29, 0.717) is 12.1 Å². The first-order chi connectivity index (χ1) is 10.7. The van der Waals surface area contributed by atoms with E-state index in [4.69, 9.17) is 10.5 Å². The van der Waals surface area contributed by atoms with E-state index < -0.39 is 23.7 Å². The number of esters is 1. The van der Waals surface area contributed by atoms with Crippen molar-refractivity contribution in [3.05, 3.63) is 30.1 Å². The van der Waals surface area contributed by atoms with Gasteiger partial charge in [0.25, 0.3) is 0 Å². The Bertz CT molecular complexity index is 730. The molecule has 0 aromatic carbocycles. The van der Waals surface area contributed by atoms with Gasteiger partial charge in [0.15, 0.2) is 0 Å². The van der Waals surface area contributed by atoms with Crippen LogP contribution in [0.15, 0.2) is 24.5 Å². The van der Waals surface area contributed by atoms with Gasteiger partial charge in [-0.1, -0.05) is 0 Å². The van der Waals surface area contributed by atoms with Gasteiger partial charge in [0.2, 0.25) is 0 Å². The Hall–Kier alpha value is -2.41. The average Bonchev–Trinajstić information content (AvgIpc) is 2.87. The molecule has 0 unspecified atom stereocenters. The normalized spacial score (nSPS) is 12.9. The summed E-state index contributed by atoms with van der Waals surface area (Å²) in [6.45, 7) is 5.41. The minimum absolute atomic E-state index is 0.313. The molecule has 0 saturated carbocycles. The average molecular weight is 319 g/mol. The summed E-state index contributed by atoms with van der Waals surface area (Å²) >= 11 is 0. The number of pyridine rings is 1. The Balaban J connectivity index is 2.23. The molecule has 0 saturated heterocycles. The Kier molecular flexibility index (Phi) is 4.70. The van der Waals surface area contributed by atoms with Crippen LogP contribution in [0.2, 0.25) is 0 Å². The summed E-state index contributed by atoms with van der Waals surface area (Å²) < 4.78 is 11.3. The Labute approximate surface area is 134 Å². The summed E-state index contributed by atoms with van der Waals surface area (Å²) in [5.41, 5.74) is 6.45. The molecule has 0 aliphatic heterocycles. The van der Waals surface area contributed by atoms with E-state index in [9.17, 15) is 9.59 Å². The van der Waals surface area contributed by atoms with Gasteiger partial charge in [0.05, 0.1) is 7.11 Å². The van der Waals surface area contributed by atoms with Gasteiger partial charge in [0.1, 0.15) is 17.3 Å². The van der Waals surface area contributed by atoms with Gasteiger partial charge >= 0.3 is 12.1 Å². The first kappa shape index (κ1) is 17.0. The fourth-order valence-electron chi connectivity index (χ4n) is 2.13. The van der Waals surface area contributed by atoms with Crippen molar-refractivity contribution in [3.8, 4) is 0 Å². The van der Waals surface area contributed by atoms with Crippen molar-refractivity contribution in [1.82, 2.24) is 9.55 Å². The molecule has 0 fully saturated rings. The molecule has 0 aliphatic rings. The van der Waals surface area contributed by atoms with Gasteiger partial charge in [-0.25, -0.2) is 14.3 Å². The SMILES string of the molecule is COC(=O)[C@H](N)Cc1cnc2c(ccn2C(=O)OC(C)(C)C)c1. The minimum Gasteiger partial charge on any atom is -0.468 e. The zero-order valence-electron chi connectivity index (χ0n) is 13.7. The van der Waals surface area contributed by atoms with Gasteiger partial charge in [0, 0.05) is 17.8 Å². The van der Waals surface area contributed by atoms with Crippen LogP contribution in [0.25, 0.3) is 11.0 Å². The molecule has 2 N–H and O–H groups in total. The van der Waals surface area contributed by atoms with Crippen LogP contribution in [-0.2, 0) is 20.7 Å². The van der Waals surface area contributed by atoms with Crippen LogP contribution in [0, 0.1) is 0 Å². The van der Waals surface area contributed by atoms with Crippen molar-refractivity contribution < 1.29 is 19.1 Å². The maximum atomic E-state index is 12.1. The fourth-order valence-corrected chi connectivity index (χ4v) is 2.13. The van der Waals surface area contributed by atoms with Crippen molar-refractivity contribution >= 4 is 23.1 Å². The van der Waals surface area contributed by atoms with Gasteiger partial charge < -0.3 is 15.2 Å². The molecule has 2 aromatic rings. The summed E-state index contributed by atoms with van der Waals surface area (Å²) in [5, 5.41) is 0.769. The van der Waals surface area contributed by atoms with E-state index in [2.05, 4.69) is 9.72 Å². The highest BCUT2D eigenvalue weighted by Crippen LogP contribution is 2.18. The van der Waals surface area contributed by atoms with Crippen molar-refractivity contribution in [2.75, 3.05) is 7.11 Å². The number of fused-ring (bicyclic) bond motifs is 1. The summed E-state index contributed by atoms with van der Waals surface area (Å²) in [5.74, 6) is -0.476. The molecule has 0 aliphatic carbocycles. The van der Waals surface area contributed by atoms with Gasteiger partial charge in [-0.2, -0.15) is 0 Å². The van der Waals surface area contributed by atoms with Crippen molar-refractivity contribution in [3.63, 3.8) is 0 Å². The molecule has 0 spiro atoms. The lowest BCUT2D eigenvalue weighted by molar-refractivity contribution is -0.142. The second kappa shape index (κ2) is 6.37. The fraction of sp³-hybridized carbons (Fsp3) is 0.438. The van der Waals surface area contributed by atoms with Crippen molar-refractivity contribution in [1.29, 1.82) is 0 Å². The van der Waals surface area contributed by atoms with Crippen LogP contribution in [-0.4, -0.2) is 40.4 Å². The number of nitrogens with two attached hydrogens (primary N) is 1. The van der Waals surface area contributed by atoms with E-state index in [1.807, 2.05) is 6.07 Å². The molecule has 1 atom stereocenters. The van der Waals surface area contributed by atoms with Gasteiger partial charge in [-0.05, 0) is 44.9 Å². The maximum Gasteiger partial charge on any atom is 0.420 e. The van der Waals surface area contributed by atoms with Crippen LogP contribution in [0.3, 0.4) is 0 Å². The summed E-state index contributed by atoms with van der Waals surface area (Å²) in [4.78, 5) is 27.8. The number of aromatic nitrogens is 2. The molecule has 124 valence electrons. The topological polar surface area (TPSA) is 96.4 Å². The molecule has 0 bridgehead atoms. The van der Waals surface area contributed by atoms with Crippen molar-refractivity contribution in [2.24, 2.45) is 5.73 Å². The third kappa shape index (κ3) is 4.07. The number of rotatable bonds is 3. The molecule has 0 radical (unpaired) electrons. The Morgan fingerprint density at radius 3 is 2.70 bits per heavy atom. The number of carbonyl (C=O) groups excluding carboxylic acids is 2. The molecule has 0 amide bonds. The first-order valence-corrected chi connectivity index (χ1v) is 7.24. The van der Waals surface area contributed by atoms with Gasteiger partial charge in [-0.15, -0.1) is 0 Å². The zero-order chi connectivity index (χ0) is 17.2. The lowest BCUT2D eigenvalue weighted by Crippen LogP contribution is -2.33. The lowest BCUT2D eigenvalue weighted by Gasteiger charge is -2.19. The third-order valence-corrected chi connectivity index (χ3v) is 3.13. The molecule has 2 rings (SSSR count). The minimum atomic E-state index is -0.743. The van der Waals surface area contributed by atoms with Crippen LogP contribution in [0.4, 0.5) is 4.79 Å². The van der Waals surface area contributed by atoms with Crippen molar-refractivity contribution in [2.45, 2.75) is 38.8 Å². The summed E-state index contributed by atoms with van der Waals surface area (Å²) in [6, 6.07) is 2.86. The largest absolute Gasteiger partial charge is 0.468 e. The monoisotopic (exact) mass is 319 g/mol. The standard InChI is InChI=1S/C16H21N3O4/c1-16(2,3)23-15(21)19-6-5-11-7-10(9-18-13(11)19)8-12(17)14(20)22-4/h5-7,9,12H,8,17H2,1-4H3/t12-/m1/s1. The zero-order valence-corrected chi connectivity index (χ0v) is 13.7. The predicted molar refractivity (Wildman–Crippen MR) is 85.1 cm³/mol. The molecular weight excluding hydrogens is 298 g/mol. The maximum absolute atomic E-state index is 12.1. The molecule has 2 aromatic heterocycles. The van der Waals surface area contributed by atoms with E-state index in [-0.39, 0.29) is 0 Å². The second-order valence-corrected chi connectivity index (χ2v) is 6.26. The molecular formula is C16H21N3O4. The van der Waals surface area contributed by atoms with E-state index in [0.717, 1.165) is 10.9 Å². The summed E-state index contributed by atoms with van der Waals surface area (Å²) in [7, 11) is 1.30. The van der Waals surface area contributed by atoms with Crippen LogP contribution in [0.1, 0.15) is 26.3 Å². The number of hydrogen-bond acceptors (Lipinski definition) is 6. The Morgan fingerprint density at radius 2 is 2.09 bits per heavy atom. The van der Waals surface area contributed by atoms with E-state index >= 15 is 0 Å². The lowest BCUT2D eigenvalue weighted by atomic mass is 10.1. The van der Waals surface area contributed by atoms with Crippen LogP contribution < -0.4 is 5.73 Å². The van der Waals surface area contributed by atoms with Gasteiger partial charge in [-0.3, -0.25) is 4.79 Å². The third-order valence-electron chi connectivity index (χ3n) is 3.13. The quantitative estimate of drug-likeness (QED) is 0.867. The molecule has 2 heterocycles. The Morgan fingerprint density at radius 1 is 1.39 bits per heavy atom. The first-order valence-electron chi connectivity index (χ1n) is 7.24. The summed E-state index contributed by atoms with van der Waals surface area (Å²) in [6.07, 6.45) is 3.02. The second-order valence-electron chi connectivity index (χ2n) is 6.26. The number of nitrogens with zero attached hydrogens (tertiary/aromatic N) is 2.